The van der Waals surface area contributed by atoms with Crippen LogP contribution in [-0.4, -0.2) is 55.7 Å². The molecular weight excluding hydrogens is 404 g/mol. The first-order valence-electron chi connectivity index (χ1n) is 11.5. The van der Waals surface area contributed by atoms with Gasteiger partial charge in [-0.2, -0.15) is 0 Å². The maximum absolute atomic E-state index is 13.2. The SMILES string of the molecule is COc1ccccc1-c1cccc(C[C@@]2(C(=O)NCCCN3CCCC3=O)CCCO2)c1. The molecule has 2 aromatic rings. The molecule has 6 nitrogen and oxygen atoms in total. The Bertz CT molecular complexity index is 952. The van der Waals surface area contributed by atoms with Crippen LogP contribution in [0.5, 0.6) is 5.75 Å². The predicted octanol–water partition coefficient (Wildman–Crippen LogP) is 3.58. The van der Waals surface area contributed by atoms with E-state index in [2.05, 4.69) is 23.5 Å². The van der Waals surface area contributed by atoms with Crippen LogP contribution in [0.3, 0.4) is 0 Å². The van der Waals surface area contributed by atoms with Crippen LogP contribution in [0.2, 0.25) is 0 Å². The molecule has 0 spiro atoms. The molecule has 2 fully saturated rings. The highest BCUT2D eigenvalue weighted by atomic mass is 16.5. The highest BCUT2D eigenvalue weighted by Gasteiger charge is 2.42. The third-order valence-corrected chi connectivity index (χ3v) is 6.41. The maximum Gasteiger partial charge on any atom is 0.252 e. The van der Waals surface area contributed by atoms with Gasteiger partial charge in [-0.05, 0) is 42.9 Å². The van der Waals surface area contributed by atoms with E-state index in [1.807, 2.05) is 35.2 Å². The van der Waals surface area contributed by atoms with Crippen molar-refractivity contribution >= 4 is 11.8 Å². The van der Waals surface area contributed by atoms with Crippen LogP contribution in [0.4, 0.5) is 0 Å². The highest BCUT2D eigenvalue weighted by molar-refractivity contribution is 5.86. The Morgan fingerprint density at radius 1 is 1.19 bits per heavy atom. The lowest BCUT2D eigenvalue weighted by atomic mass is 9.89. The van der Waals surface area contributed by atoms with Crippen molar-refractivity contribution in [3.8, 4) is 16.9 Å². The number of methoxy groups -OCH3 is 1. The van der Waals surface area contributed by atoms with Gasteiger partial charge in [0.25, 0.3) is 5.91 Å². The van der Waals surface area contributed by atoms with Gasteiger partial charge in [0.05, 0.1) is 7.11 Å². The van der Waals surface area contributed by atoms with E-state index in [0.717, 1.165) is 48.2 Å². The van der Waals surface area contributed by atoms with E-state index in [-0.39, 0.29) is 11.8 Å². The van der Waals surface area contributed by atoms with Gasteiger partial charge >= 0.3 is 0 Å². The third-order valence-electron chi connectivity index (χ3n) is 6.41. The summed E-state index contributed by atoms with van der Waals surface area (Å²) in [6, 6.07) is 16.2. The molecule has 170 valence electrons. The average molecular weight is 437 g/mol. The Morgan fingerprint density at radius 2 is 2.06 bits per heavy atom. The van der Waals surface area contributed by atoms with E-state index in [0.29, 0.717) is 39.0 Å². The number of hydrogen-bond donors (Lipinski definition) is 1. The van der Waals surface area contributed by atoms with Gasteiger partial charge in [-0.3, -0.25) is 9.59 Å². The van der Waals surface area contributed by atoms with E-state index in [4.69, 9.17) is 9.47 Å². The van der Waals surface area contributed by atoms with Crippen LogP contribution < -0.4 is 10.1 Å². The first kappa shape index (κ1) is 22.3. The topological polar surface area (TPSA) is 67.9 Å². The molecule has 32 heavy (non-hydrogen) atoms. The first-order chi connectivity index (χ1) is 15.6. The molecule has 0 aliphatic carbocycles. The Labute approximate surface area is 189 Å². The smallest absolute Gasteiger partial charge is 0.252 e. The van der Waals surface area contributed by atoms with Crippen molar-refractivity contribution < 1.29 is 19.1 Å². The number of benzene rings is 2. The average Bonchev–Trinajstić information content (AvgIpc) is 3.46. The van der Waals surface area contributed by atoms with Crippen LogP contribution in [0, 0.1) is 0 Å². The number of para-hydroxylation sites is 1. The molecular formula is C26H32N2O4. The molecule has 2 heterocycles. The summed E-state index contributed by atoms with van der Waals surface area (Å²) in [5, 5.41) is 3.07. The number of carbonyl (C=O) groups excluding carboxylic acids is 2. The van der Waals surface area contributed by atoms with Crippen molar-refractivity contribution in [2.24, 2.45) is 0 Å². The van der Waals surface area contributed by atoms with Gasteiger partial charge in [-0.15, -0.1) is 0 Å². The van der Waals surface area contributed by atoms with Crippen molar-refractivity contribution in [1.29, 1.82) is 0 Å². The summed E-state index contributed by atoms with van der Waals surface area (Å²) in [5.74, 6) is 0.998. The second-order valence-electron chi connectivity index (χ2n) is 8.62. The number of likely N-dealkylation sites (tertiary alicyclic amines) is 1. The lowest BCUT2D eigenvalue weighted by molar-refractivity contribution is -0.141. The molecule has 2 amide bonds. The van der Waals surface area contributed by atoms with E-state index >= 15 is 0 Å². The molecule has 0 saturated carbocycles. The molecule has 4 rings (SSSR count). The fourth-order valence-electron chi connectivity index (χ4n) is 4.73. The third kappa shape index (κ3) is 4.96. The Kier molecular flexibility index (Phi) is 7.10. The van der Waals surface area contributed by atoms with Gasteiger partial charge < -0.3 is 19.7 Å². The van der Waals surface area contributed by atoms with Crippen molar-refractivity contribution in [2.45, 2.75) is 44.1 Å². The number of nitrogens with zero attached hydrogens (tertiary/aromatic N) is 1. The number of nitrogens with one attached hydrogen (secondary N) is 1. The van der Waals surface area contributed by atoms with Gasteiger partial charge in [-0.1, -0.05) is 42.5 Å². The summed E-state index contributed by atoms with van der Waals surface area (Å²) in [4.78, 5) is 26.8. The Balaban J connectivity index is 1.41. The summed E-state index contributed by atoms with van der Waals surface area (Å²) >= 11 is 0. The molecule has 6 heteroatoms. The minimum absolute atomic E-state index is 0.0505. The quantitative estimate of drug-likeness (QED) is 0.610. The van der Waals surface area contributed by atoms with Crippen LogP contribution >= 0.6 is 0 Å². The molecule has 2 saturated heterocycles. The monoisotopic (exact) mass is 436 g/mol. The Hall–Kier alpha value is -2.86. The van der Waals surface area contributed by atoms with E-state index in [1.54, 1.807) is 7.11 Å². The number of ether oxygens (including phenoxy) is 2. The normalized spacial score (nSPS) is 20.5. The van der Waals surface area contributed by atoms with Crippen LogP contribution in [0.25, 0.3) is 11.1 Å². The van der Waals surface area contributed by atoms with Crippen molar-refractivity contribution in [3.63, 3.8) is 0 Å². The molecule has 2 aliphatic heterocycles. The molecule has 0 radical (unpaired) electrons. The Morgan fingerprint density at radius 3 is 2.81 bits per heavy atom. The summed E-state index contributed by atoms with van der Waals surface area (Å²) in [6.45, 7) is 2.69. The van der Waals surface area contributed by atoms with Gasteiger partial charge in [0.2, 0.25) is 5.91 Å². The predicted molar refractivity (Wildman–Crippen MR) is 123 cm³/mol. The number of rotatable bonds is 9. The lowest BCUT2D eigenvalue weighted by Gasteiger charge is -2.28. The number of carbonyl (C=O) groups is 2. The number of amides is 2. The van der Waals surface area contributed by atoms with Crippen molar-refractivity contribution in [3.05, 3.63) is 54.1 Å². The zero-order valence-corrected chi connectivity index (χ0v) is 18.8. The van der Waals surface area contributed by atoms with E-state index < -0.39 is 5.60 Å². The van der Waals surface area contributed by atoms with Crippen LogP contribution in [-0.2, 0) is 20.7 Å². The van der Waals surface area contributed by atoms with Crippen molar-refractivity contribution in [1.82, 2.24) is 10.2 Å². The fourth-order valence-corrected chi connectivity index (χ4v) is 4.73. The van der Waals surface area contributed by atoms with Gasteiger partial charge in [0, 0.05) is 44.6 Å². The second kappa shape index (κ2) is 10.2. The molecule has 2 aromatic carbocycles. The molecule has 1 atom stereocenters. The standard InChI is InChI=1S/C26H32N2O4/c1-31-23-11-3-2-10-22(23)21-9-4-8-20(18-21)19-26(13-6-17-32-26)25(30)27-14-7-16-28-15-5-12-24(28)29/h2-4,8-11,18H,5-7,12-17,19H2,1H3,(H,27,30)/t26-/m1/s1. The minimum atomic E-state index is -0.830. The molecule has 2 aliphatic rings. The van der Waals surface area contributed by atoms with E-state index in [9.17, 15) is 9.59 Å². The zero-order chi connectivity index (χ0) is 22.4. The van der Waals surface area contributed by atoms with Gasteiger partial charge in [0.15, 0.2) is 5.60 Å². The zero-order valence-electron chi connectivity index (χ0n) is 18.8. The van der Waals surface area contributed by atoms with Crippen LogP contribution in [0.15, 0.2) is 48.5 Å². The van der Waals surface area contributed by atoms with Crippen molar-refractivity contribution in [2.75, 3.05) is 33.4 Å². The highest BCUT2D eigenvalue weighted by Crippen LogP contribution is 2.33. The minimum Gasteiger partial charge on any atom is -0.496 e. The molecule has 0 unspecified atom stereocenters. The first-order valence-corrected chi connectivity index (χ1v) is 11.5. The summed E-state index contributed by atoms with van der Waals surface area (Å²) in [6.07, 6.45) is 4.47. The summed E-state index contributed by atoms with van der Waals surface area (Å²) in [7, 11) is 1.67. The van der Waals surface area contributed by atoms with Crippen LogP contribution in [0.1, 0.15) is 37.7 Å². The largest absolute Gasteiger partial charge is 0.496 e. The van der Waals surface area contributed by atoms with Gasteiger partial charge in [-0.25, -0.2) is 0 Å². The second-order valence-corrected chi connectivity index (χ2v) is 8.62. The lowest BCUT2D eigenvalue weighted by Crippen LogP contribution is -2.48. The number of hydrogen-bond acceptors (Lipinski definition) is 4. The molecule has 1 N–H and O–H groups in total. The van der Waals surface area contributed by atoms with Gasteiger partial charge in [0.1, 0.15) is 5.75 Å². The molecule has 0 aromatic heterocycles. The molecule has 0 bridgehead atoms. The van der Waals surface area contributed by atoms with E-state index in [1.165, 1.54) is 0 Å². The summed E-state index contributed by atoms with van der Waals surface area (Å²) in [5.41, 5.74) is 2.32. The summed E-state index contributed by atoms with van der Waals surface area (Å²) < 4.78 is 11.6. The fraction of sp³-hybridized carbons (Fsp3) is 0.462. The maximum atomic E-state index is 13.2.